The van der Waals surface area contributed by atoms with Crippen molar-refractivity contribution in [1.29, 1.82) is 0 Å². The molecule has 0 saturated carbocycles. The number of halogens is 1. The molecule has 3 rings (SSSR count). The predicted molar refractivity (Wildman–Crippen MR) is 114 cm³/mol. The van der Waals surface area contributed by atoms with Gasteiger partial charge in [-0.05, 0) is 53.9 Å². The molecule has 4 nitrogen and oxygen atoms in total. The molecule has 0 aliphatic carbocycles. The quantitative estimate of drug-likeness (QED) is 0.553. The van der Waals surface area contributed by atoms with Crippen molar-refractivity contribution in [1.82, 2.24) is 5.32 Å². The summed E-state index contributed by atoms with van der Waals surface area (Å²) in [5.74, 6) is 0.750. The van der Waals surface area contributed by atoms with Crippen LogP contribution in [0.4, 0.5) is 5.69 Å². The molecule has 0 bridgehead atoms. The van der Waals surface area contributed by atoms with Crippen molar-refractivity contribution in [2.45, 2.75) is 13.0 Å². The summed E-state index contributed by atoms with van der Waals surface area (Å²) in [4.78, 5) is 12.0. The summed E-state index contributed by atoms with van der Waals surface area (Å²) >= 11 is 5.87. The topological polar surface area (TPSA) is 50.4 Å². The molecule has 0 aliphatic rings. The molecule has 0 atom stereocenters. The molecule has 0 radical (unpaired) electrons. The first kappa shape index (κ1) is 19.8. The van der Waals surface area contributed by atoms with Crippen LogP contribution in [0, 0.1) is 0 Å². The van der Waals surface area contributed by atoms with Crippen LogP contribution in [-0.2, 0) is 17.8 Å². The van der Waals surface area contributed by atoms with E-state index < -0.39 is 0 Å². The Balaban J connectivity index is 1.35. The Morgan fingerprint density at radius 3 is 2.29 bits per heavy atom. The van der Waals surface area contributed by atoms with Crippen LogP contribution in [0.15, 0.2) is 78.9 Å². The second-order valence-corrected chi connectivity index (χ2v) is 6.82. The second-order valence-electron chi connectivity index (χ2n) is 6.38. The smallest absolute Gasteiger partial charge is 0.239 e. The Morgan fingerprint density at radius 1 is 0.857 bits per heavy atom. The Bertz CT molecular complexity index is 865. The lowest BCUT2D eigenvalue weighted by Gasteiger charge is -2.10. The van der Waals surface area contributed by atoms with Crippen LogP contribution in [0.1, 0.15) is 11.1 Å². The van der Waals surface area contributed by atoms with Gasteiger partial charge in [-0.3, -0.25) is 4.79 Å². The number of hydrogen-bond donors (Lipinski definition) is 2. The molecule has 0 heterocycles. The zero-order valence-corrected chi connectivity index (χ0v) is 16.3. The van der Waals surface area contributed by atoms with Gasteiger partial charge in [-0.25, -0.2) is 0 Å². The van der Waals surface area contributed by atoms with Gasteiger partial charge in [0.2, 0.25) is 5.91 Å². The van der Waals surface area contributed by atoms with Gasteiger partial charge in [-0.2, -0.15) is 0 Å². The fraction of sp³-hybridized carbons (Fsp3) is 0.174. The van der Waals surface area contributed by atoms with Crippen LogP contribution in [0.2, 0.25) is 5.02 Å². The molecule has 0 fully saturated rings. The minimum absolute atomic E-state index is 0.0432. The van der Waals surface area contributed by atoms with Crippen molar-refractivity contribution in [3.8, 4) is 5.75 Å². The summed E-state index contributed by atoms with van der Waals surface area (Å²) in [6.07, 6.45) is 0.774. The highest BCUT2D eigenvalue weighted by molar-refractivity contribution is 6.30. The lowest BCUT2D eigenvalue weighted by atomic mass is 10.1. The first-order valence-corrected chi connectivity index (χ1v) is 9.59. The number of nitrogens with one attached hydrogen (secondary N) is 2. The Labute approximate surface area is 170 Å². The van der Waals surface area contributed by atoms with E-state index in [1.54, 1.807) is 0 Å². The molecule has 5 heteroatoms. The van der Waals surface area contributed by atoms with E-state index in [0.29, 0.717) is 18.2 Å². The summed E-state index contributed by atoms with van der Waals surface area (Å²) in [5, 5.41) is 6.74. The van der Waals surface area contributed by atoms with Gasteiger partial charge in [-0.1, -0.05) is 54.1 Å². The first-order valence-electron chi connectivity index (χ1n) is 9.21. The van der Waals surface area contributed by atoms with Crippen LogP contribution >= 0.6 is 11.6 Å². The highest BCUT2D eigenvalue weighted by Crippen LogP contribution is 2.17. The lowest BCUT2D eigenvalue weighted by molar-refractivity contribution is -0.119. The zero-order valence-electron chi connectivity index (χ0n) is 15.5. The van der Waals surface area contributed by atoms with E-state index in [9.17, 15) is 4.79 Å². The van der Waals surface area contributed by atoms with Crippen LogP contribution in [0.25, 0.3) is 0 Å². The van der Waals surface area contributed by atoms with Crippen molar-refractivity contribution >= 4 is 23.2 Å². The molecule has 1 amide bonds. The Morgan fingerprint density at radius 2 is 1.57 bits per heavy atom. The molecule has 3 aromatic rings. The third kappa shape index (κ3) is 6.63. The maximum atomic E-state index is 12.0. The van der Waals surface area contributed by atoms with Crippen LogP contribution in [0.3, 0.4) is 0 Å². The molecular formula is C23H23ClN2O2. The molecule has 28 heavy (non-hydrogen) atoms. The van der Waals surface area contributed by atoms with Crippen molar-refractivity contribution < 1.29 is 9.53 Å². The van der Waals surface area contributed by atoms with Gasteiger partial charge in [0.15, 0.2) is 0 Å². The molecule has 144 valence electrons. The van der Waals surface area contributed by atoms with Gasteiger partial charge >= 0.3 is 0 Å². The molecule has 2 N–H and O–H groups in total. The highest BCUT2D eigenvalue weighted by atomic mass is 35.5. The predicted octanol–water partition coefficient (Wildman–Crippen LogP) is 4.69. The summed E-state index contributed by atoms with van der Waals surface area (Å²) in [6, 6.07) is 25.3. The summed E-state index contributed by atoms with van der Waals surface area (Å²) in [6.45, 7) is 1.35. The molecule has 0 saturated heterocycles. The minimum Gasteiger partial charge on any atom is -0.489 e. The Kier molecular flexibility index (Phi) is 7.33. The third-order valence-electron chi connectivity index (χ3n) is 4.20. The molecule has 0 unspecified atom stereocenters. The summed E-state index contributed by atoms with van der Waals surface area (Å²) in [7, 11) is 0. The number of benzene rings is 3. The average Bonchev–Trinajstić information content (AvgIpc) is 2.74. The standard InChI is InChI=1S/C23H23ClN2O2/c24-20-8-6-18(7-9-20)14-15-25-23(27)16-26-21-10-12-22(13-11-21)28-17-19-4-2-1-3-5-19/h1-13,26H,14-17H2,(H,25,27). The van der Waals surface area contributed by atoms with Crippen LogP contribution in [-0.4, -0.2) is 19.0 Å². The summed E-state index contributed by atoms with van der Waals surface area (Å²) < 4.78 is 5.76. The number of rotatable bonds is 9. The van der Waals surface area contributed by atoms with E-state index in [-0.39, 0.29) is 12.5 Å². The number of anilines is 1. The number of carbonyl (C=O) groups is 1. The van der Waals surface area contributed by atoms with Gasteiger partial charge in [-0.15, -0.1) is 0 Å². The fourth-order valence-corrected chi connectivity index (χ4v) is 2.78. The number of hydrogen-bond acceptors (Lipinski definition) is 3. The third-order valence-corrected chi connectivity index (χ3v) is 4.46. The second kappa shape index (κ2) is 10.4. The highest BCUT2D eigenvalue weighted by Gasteiger charge is 2.02. The Hall–Kier alpha value is -2.98. The van der Waals surface area contributed by atoms with E-state index in [1.807, 2.05) is 78.9 Å². The molecular weight excluding hydrogens is 372 g/mol. The van der Waals surface area contributed by atoms with Gasteiger partial charge in [0.05, 0.1) is 6.54 Å². The number of amides is 1. The van der Waals surface area contributed by atoms with E-state index in [2.05, 4.69) is 10.6 Å². The van der Waals surface area contributed by atoms with Crippen molar-refractivity contribution in [2.24, 2.45) is 0 Å². The maximum Gasteiger partial charge on any atom is 0.239 e. The fourth-order valence-electron chi connectivity index (χ4n) is 2.65. The number of ether oxygens (including phenoxy) is 1. The molecule has 0 aromatic heterocycles. The molecule has 3 aromatic carbocycles. The minimum atomic E-state index is -0.0432. The van der Waals surface area contributed by atoms with Crippen molar-refractivity contribution in [3.05, 3.63) is 95.0 Å². The molecule has 0 spiro atoms. The SMILES string of the molecule is O=C(CNc1ccc(OCc2ccccc2)cc1)NCCc1ccc(Cl)cc1. The number of carbonyl (C=O) groups excluding carboxylic acids is 1. The van der Waals surface area contributed by atoms with Crippen molar-refractivity contribution in [2.75, 3.05) is 18.4 Å². The maximum absolute atomic E-state index is 12.0. The van der Waals surface area contributed by atoms with Gasteiger partial charge < -0.3 is 15.4 Å². The normalized spacial score (nSPS) is 10.3. The van der Waals surface area contributed by atoms with Gasteiger partial charge in [0.25, 0.3) is 0 Å². The first-order chi connectivity index (χ1) is 13.7. The largest absolute Gasteiger partial charge is 0.489 e. The molecule has 0 aliphatic heterocycles. The van der Waals surface area contributed by atoms with Crippen LogP contribution < -0.4 is 15.4 Å². The lowest BCUT2D eigenvalue weighted by Crippen LogP contribution is -2.31. The monoisotopic (exact) mass is 394 g/mol. The zero-order chi connectivity index (χ0) is 19.6. The summed E-state index contributed by atoms with van der Waals surface area (Å²) in [5.41, 5.74) is 3.14. The van der Waals surface area contributed by atoms with Crippen molar-refractivity contribution in [3.63, 3.8) is 0 Å². The van der Waals surface area contributed by atoms with E-state index in [4.69, 9.17) is 16.3 Å². The van der Waals surface area contributed by atoms with Crippen LogP contribution in [0.5, 0.6) is 5.75 Å². The van der Waals surface area contributed by atoms with E-state index in [1.165, 1.54) is 0 Å². The average molecular weight is 395 g/mol. The van der Waals surface area contributed by atoms with Gasteiger partial charge in [0, 0.05) is 17.3 Å². The van der Waals surface area contributed by atoms with E-state index >= 15 is 0 Å². The van der Waals surface area contributed by atoms with Gasteiger partial charge in [0.1, 0.15) is 12.4 Å². The van der Waals surface area contributed by atoms with E-state index in [0.717, 1.165) is 29.0 Å².